The second-order valence-corrected chi connectivity index (χ2v) is 8.03. The highest BCUT2D eigenvalue weighted by Crippen LogP contribution is 2.26. The van der Waals surface area contributed by atoms with Gasteiger partial charge in [-0.1, -0.05) is 23.8 Å². The number of oxazole rings is 1. The van der Waals surface area contributed by atoms with Gasteiger partial charge in [0.1, 0.15) is 5.52 Å². The van der Waals surface area contributed by atoms with Gasteiger partial charge in [-0.15, -0.1) is 0 Å². The molecule has 1 aliphatic heterocycles. The number of aromatic nitrogens is 1. The van der Waals surface area contributed by atoms with Crippen molar-refractivity contribution in [3.05, 3.63) is 83.4 Å². The van der Waals surface area contributed by atoms with Crippen LogP contribution in [0.5, 0.6) is 0 Å². The number of rotatable bonds is 6. The summed E-state index contributed by atoms with van der Waals surface area (Å²) in [5, 5.41) is 2.84. The van der Waals surface area contributed by atoms with Crippen molar-refractivity contribution in [1.82, 2.24) is 9.88 Å². The van der Waals surface area contributed by atoms with Crippen LogP contribution >= 0.6 is 0 Å². The molecule has 164 valence electrons. The molecule has 0 bridgehead atoms. The van der Waals surface area contributed by atoms with Crippen molar-refractivity contribution in [2.75, 3.05) is 11.9 Å². The van der Waals surface area contributed by atoms with Gasteiger partial charge >= 0.3 is 0 Å². The minimum atomic E-state index is -0.301. The Labute approximate surface area is 190 Å². The van der Waals surface area contributed by atoms with Crippen LogP contribution in [-0.4, -0.2) is 34.2 Å². The van der Waals surface area contributed by atoms with Gasteiger partial charge in [-0.25, -0.2) is 4.98 Å². The number of nitrogens with zero attached hydrogens (tertiary/aromatic N) is 2. The first-order valence-corrected chi connectivity index (χ1v) is 10.7. The Balaban J connectivity index is 1.16. The Morgan fingerprint density at radius 1 is 0.970 bits per heavy atom. The molecular weight excluding hydrogens is 418 g/mol. The predicted molar refractivity (Wildman–Crippen MR) is 124 cm³/mol. The van der Waals surface area contributed by atoms with Crippen molar-refractivity contribution in [3.8, 4) is 11.5 Å². The predicted octanol–water partition coefficient (Wildman–Crippen LogP) is 4.82. The van der Waals surface area contributed by atoms with Gasteiger partial charge in [0.15, 0.2) is 5.58 Å². The van der Waals surface area contributed by atoms with Gasteiger partial charge in [-0.05, 0) is 61.9 Å². The molecule has 1 aliphatic rings. The van der Waals surface area contributed by atoms with E-state index in [2.05, 4.69) is 10.3 Å². The van der Waals surface area contributed by atoms with Crippen LogP contribution in [0.3, 0.4) is 0 Å². The molecule has 7 heteroatoms. The molecule has 2 heterocycles. The number of hydrogen-bond donors (Lipinski definition) is 1. The van der Waals surface area contributed by atoms with Gasteiger partial charge in [0.05, 0.1) is 11.1 Å². The molecule has 7 nitrogen and oxygen atoms in total. The number of hydrogen-bond acceptors (Lipinski definition) is 5. The Morgan fingerprint density at radius 2 is 1.73 bits per heavy atom. The first-order valence-electron chi connectivity index (χ1n) is 10.7. The smallest absolute Gasteiger partial charge is 0.261 e. The fourth-order valence-electron chi connectivity index (χ4n) is 3.92. The van der Waals surface area contributed by atoms with Crippen LogP contribution in [0.1, 0.15) is 39.1 Å². The van der Waals surface area contributed by atoms with E-state index in [1.165, 1.54) is 4.90 Å². The lowest BCUT2D eigenvalue weighted by Crippen LogP contribution is -2.31. The first kappa shape index (κ1) is 20.6. The Morgan fingerprint density at radius 3 is 2.52 bits per heavy atom. The zero-order valence-electron chi connectivity index (χ0n) is 18.0. The number of para-hydroxylation sites is 2. The maximum atomic E-state index is 12.5. The second kappa shape index (κ2) is 8.35. The fourth-order valence-corrected chi connectivity index (χ4v) is 3.92. The van der Waals surface area contributed by atoms with Crippen LogP contribution < -0.4 is 5.32 Å². The van der Waals surface area contributed by atoms with E-state index in [9.17, 15) is 14.4 Å². The molecule has 4 aromatic rings. The molecule has 0 atom stereocenters. The molecule has 3 aromatic carbocycles. The maximum absolute atomic E-state index is 12.5. The average Bonchev–Trinajstić information content (AvgIpc) is 3.34. The number of carbonyl (C=O) groups is 3. The molecule has 1 aromatic heterocycles. The van der Waals surface area contributed by atoms with Crippen molar-refractivity contribution in [3.63, 3.8) is 0 Å². The molecule has 0 unspecified atom stereocenters. The summed E-state index contributed by atoms with van der Waals surface area (Å²) in [5.41, 5.74) is 4.76. The molecule has 1 N–H and O–H groups in total. The molecule has 0 saturated carbocycles. The van der Waals surface area contributed by atoms with E-state index >= 15 is 0 Å². The van der Waals surface area contributed by atoms with Gasteiger partial charge in [0.25, 0.3) is 11.8 Å². The van der Waals surface area contributed by atoms with Gasteiger partial charge < -0.3 is 9.73 Å². The summed E-state index contributed by atoms with van der Waals surface area (Å²) in [7, 11) is 0. The number of amides is 3. The zero-order valence-corrected chi connectivity index (χ0v) is 18.0. The van der Waals surface area contributed by atoms with Crippen LogP contribution in [0, 0.1) is 6.92 Å². The highest BCUT2D eigenvalue weighted by atomic mass is 16.3. The van der Waals surface area contributed by atoms with Gasteiger partial charge in [-0.3, -0.25) is 19.3 Å². The zero-order chi connectivity index (χ0) is 22.9. The van der Waals surface area contributed by atoms with E-state index in [0.29, 0.717) is 29.1 Å². The number of nitrogens with one attached hydrogen (secondary N) is 1. The van der Waals surface area contributed by atoms with Crippen molar-refractivity contribution in [2.24, 2.45) is 0 Å². The van der Waals surface area contributed by atoms with E-state index in [1.807, 2.05) is 49.4 Å². The molecular formula is C26H21N3O4. The molecule has 33 heavy (non-hydrogen) atoms. The topological polar surface area (TPSA) is 92.5 Å². The van der Waals surface area contributed by atoms with Crippen LogP contribution in [0.15, 0.2) is 71.1 Å². The average molecular weight is 439 g/mol. The standard InChI is InChI=1S/C26H21N3O4/c1-16-8-13-19-20(15-16)26(32)29(25(19)31)14-4-7-23(30)27-18-11-9-17(10-12-18)24-28-21-5-2-3-6-22(21)33-24/h2-3,5-6,8-13,15H,4,7,14H2,1H3,(H,27,30). The van der Waals surface area contributed by atoms with Crippen LogP contribution in [0.4, 0.5) is 5.69 Å². The van der Waals surface area contributed by atoms with Crippen molar-refractivity contribution < 1.29 is 18.8 Å². The summed E-state index contributed by atoms with van der Waals surface area (Å²) >= 11 is 0. The first-order chi connectivity index (χ1) is 16.0. The van der Waals surface area contributed by atoms with Crippen molar-refractivity contribution >= 4 is 34.5 Å². The Hall–Kier alpha value is -4.26. The van der Waals surface area contributed by atoms with Crippen LogP contribution in [0.25, 0.3) is 22.6 Å². The number of aryl methyl sites for hydroxylation is 1. The van der Waals surface area contributed by atoms with Gasteiger partial charge in [0, 0.05) is 24.2 Å². The minimum absolute atomic E-state index is 0.183. The SMILES string of the molecule is Cc1ccc2c(c1)C(=O)N(CCCC(=O)Nc1ccc(-c3nc4ccccc4o3)cc1)C2=O. The normalized spacial score (nSPS) is 12.9. The van der Waals surface area contributed by atoms with Crippen LogP contribution in [-0.2, 0) is 4.79 Å². The summed E-state index contributed by atoms with van der Waals surface area (Å²) in [6.07, 6.45) is 0.580. The van der Waals surface area contributed by atoms with Crippen LogP contribution in [0.2, 0.25) is 0 Å². The van der Waals surface area contributed by atoms with Crippen molar-refractivity contribution in [1.29, 1.82) is 0 Å². The van der Waals surface area contributed by atoms with E-state index < -0.39 is 0 Å². The number of imide groups is 1. The second-order valence-electron chi connectivity index (χ2n) is 8.03. The van der Waals surface area contributed by atoms with E-state index in [4.69, 9.17) is 4.42 Å². The highest BCUT2D eigenvalue weighted by molar-refractivity contribution is 6.21. The lowest BCUT2D eigenvalue weighted by atomic mass is 10.1. The van der Waals surface area contributed by atoms with Gasteiger partial charge in [-0.2, -0.15) is 0 Å². The third kappa shape index (κ3) is 4.01. The summed E-state index contributed by atoms with van der Waals surface area (Å²) in [4.78, 5) is 43.0. The number of anilines is 1. The van der Waals surface area contributed by atoms with E-state index in [1.54, 1.807) is 24.3 Å². The number of benzene rings is 3. The lowest BCUT2D eigenvalue weighted by molar-refractivity contribution is -0.116. The highest BCUT2D eigenvalue weighted by Gasteiger charge is 2.34. The molecule has 0 radical (unpaired) electrons. The summed E-state index contributed by atoms with van der Waals surface area (Å²) in [6, 6.07) is 20.0. The molecule has 0 saturated heterocycles. The Bertz CT molecular complexity index is 1360. The maximum Gasteiger partial charge on any atom is 0.261 e. The van der Waals surface area contributed by atoms with E-state index in [0.717, 1.165) is 22.2 Å². The number of fused-ring (bicyclic) bond motifs is 2. The Kier molecular flexibility index (Phi) is 5.22. The third-order valence-corrected chi connectivity index (χ3v) is 5.62. The lowest BCUT2D eigenvalue weighted by Gasteiger charge is -2.13. The largest absolute Gasteiger partial charge is 0.436 e. The van der Waals surface area contributed by atoms with Gasteiger partial charge in [0.2, 0.25) is 11.8 Å². The minimum Gasteiger partial charge on any atom is -0.436 e. The van der Waals surface area contributed by atoms with Crippen molar-refractivity contribution in [2.45, 2.75) is 19.8 Å². The molecule has 0 spiro atoms. The molecule has 5 rings (SSSR count). The molecule has 3 amide bonds. The summed E-state index contributed by atoms with van der Waals surface area (Å²) in [6.45, 7) is 2.08. The monoisotopic (exact) mass is 439 g/mol. The summed E-state index contributed by atoms with van der Waals surface area (Å²) in [5.74, 6) is -0.263. The molecule has 0 fully saturated rings. The quantitative estimate of drug-likeness (QED) is 0.435. The number of carbonyl (C=O) groups excluding carboxylic acids is 3. The third-order valence-electron chi connectivity index (χ3n) is 5.62. The fraction of sp³-hybridized carbons (Fsp3) is 0.154. The van der Waals surface area contributed by atoms with E-state index in [-0.39, 0.29) is 30.7 Å². The molecule has 0 aliphatic carbocycles. The summed E-state index contributed by atoms with van der Waals surface area (Å²) < 4.78 is 5.77.